The lowest BCUT2D eigenvalue weighted by molar-refractivity contribution is 0.0186. The van der Waals surface area contributed by atoms with Gasteiger partial charge in [-0.2, -0.15) is 0 Å². The summed E-state index contributed by atoms with van der Waals surface area (Å²) >= 11 is 0. The second kappa shape index (κ2) is 9.25. The first-order chi connectivity index (χ1) is 11.2. The second-order valence-corrected chi connectivity index (χ2v) is 8.02. The highest BCUT2D eigenvalue weighted by atomic mass is 127. The van der Waals surface area contributed by atoms with Crippen LogP contribution in [0.3, 0.4) is 0 Å². The minimum atomic E-state index is -0.460. The maximum absolute atomic E-state index is 12.1. The zero-order chi connectivity index (χ0) is 17.9. The van der Waals surface area contributed by atoms with Crippen molar-refractivity contribution in [3.05, 3.63) is 0 Å². The molecule has 1 unspecified atom stereocenters. The number of piperazine rings is 1. The molecule has 146 valence electrons. The number of guanidine groups is 1. The molecule has 0 spiro atoms. The molecule has 1 aliphatic heterocycles. The third kappa shape index (κ3) is 7.16. The number of nitrogens with zero attached hydrogens (tertiary/aromatic N) is 4. The number of nitrogens with two attached hydrogens (primary N) is 1. The van der Waals surface area contributed by atoms with Crippen LogP contribution >= 0.6 is 24.0 Å². The van der Waals surface area contributed by atoms with Crippen LogP contribution in [-0.2, 0) is 4.74 Å². The van der Waals surface area contributed by atoms with Crippen LogP contribution in [0.4, 0.5) is 4.79 Å². The summed E-state index contributed by atoms with van der Waals surface area (Å²) in [6, 6.07) is 0.478. The van der Waals surface area contributed by atoms with E-state index in [2.05, 4.69) is 28.9 Å². The van der Waals surface area contributed by atoms with Gasteiger partial charge in [0, 0.05) is 32.2 Å². The molecule has 2 rings (SSSR count). The molecule has 1 saturated heterocycles. The van der Waals surface area contributed by atoms with Gasteiger partial charge in [0.1, 0.15) is 5.60 Å². The van der Waals surface area contributed by atoms with Crippen molar-refractivity contribution in [2.24, 2.45) is 16.6 Å². The van der Waals surface area contributed by atoms with Crippen molar-refractivity contribution in [2.75, 3.05) is 46.8 Å². The fourth-order valence-electron chi connectivity index (χ4n) is 2.95. The van der Waals surface area contributed by atoms with E-state index in [1.807, 2.05) is 20.8 Å². The first kappa shape index (κ1) is 22.3. The predicted molar refractivity (Wildman–Crippen MR) is 111 cm³/mol. The number of halogens is 1. The molecule has 2 aliphatic rings. The summed E-state index contributed by atoms with van der Waals surface area (Å²) in [4.78, 5) is 22.7. The molecule has 0 aromatic carbocycles. The van der Waals surface area contributed by atoms with E-state index >= 15 is 0 Å². The lowest BCUT2D eigenvalue weighted by atomic mass is 10.2. The lowest BCUT2D eigenvalue weighted by Crippen LogP contribution is -2.53. The quantitative estimate of drug-likeness (QED) is 0.388. The Balaban J connectivity index is 0.00000312. The van der Waals surface area contributed by atoms with Gasteiger partial charge in [-0.25, -0.2) is 4.79 Å². The van der Waals surface area contributed by atoms with Crippen LogP contribution in [0, 0.1) is 5.92 Å². The van der Waals surface area contributed by atoms with Gasteiger partial charge in [0.15, 0.2) is 5.96 Å². The average molecular weight is 467 g/mol. The summed E-state index contributed by atoms with van der Waals surface area (Å²) in [5, 5.41) is 0. The largest absolute Gasteiger partial charge is 0.444 e. The van der Waals surface area contributed by atoms with Crippen molar-refractivity contribution in [2.45, 2.75) is 45.3 Å². The first-order valence-corrected chi connectivity index (χ1v) is 8.86. The van der Waals surface area contributed by atoms with Gasteiger partial charge in [-0.05, 0) is 53.6 Å². The Morgan fingerprint density at radius 2 is 1.72 bits per heavy atom. The molecule has 2 fully saturated rings. The van der Waals surface area contributed by atoms with Gasteiger partial charge in [-0.3, -0.25) is 4.99 Å². The number of ether oxygens (including phenoxy) is 1. The van der Waals surface area contributed by atoms with Crippen molar-refractivity contribution in [3.63, 3.8) is 0 Å². The van der Waals surface area contributed by atoms with Gasteiger partial charge in [-0.1, -0.05) is 0 Å². The number of likely N-dealkylation sites (N-methyl/N-ethyl adjacent to an activating group) is 1. The summed E-state index contributed by atoms with van der Waals surface area (Å²) in [5.74, 6) is 1.35. The standard InChI is InChI=1S/C17H33N5O2.HI/c1-17(2,3)24-16(23)22-10-8-21(9-11-22)15(18)19-12-14(20(4)5)13-6-7-13;/h13-14H,6-12H2,1-5H3,(H2,18,19);1H. The van der Waals surface area contributed by atoms with Crippen LogP contribution < -0.4 is 5.73 Å². The molecule has 2 N–H and O–H groups in total. The summed E-state index contributed by atoms with van der Waals surface area (Å²) in [7, 11) is 4.21. The van der Waals surface area contributed by atoms with Crippen LogP contribution in [0.15, 0.2) is 4.99 Å². The number of aliphatic imine (C=N–C) groups is 1. The Labute approximate surface area is 169 Å². The van der Waals surface area contributed by atoms with Crippen LogP contribution in [0.5, 0.6) is 0 Å². The monoisotopic (exact) mass is 467 g/mol. The number of hydrogen-bond donors (Lipinski definition) is 1. The molecule has 1 aliphatic carbocycles. The van der Waals surface area contributed by atoms with Crippen LogP contribution in [0.25, 0.3) is 0 Å². The molecular formula is C17H34IN5O2. The zero-order valence-corrected chi connectivity index (χ0v) is 18.5. The van der Waals surface area contributed by atoms with E-state index in [0.717, 1.165) is 12.5 Å². The topological polar surface area (TPSA) is 74.4 Å². The highest BCUT2D eigenvalue weighted by Gasteiger charge is 2.32. The molecule has 7 nitrogen and oxygen atoms in total. The Morgan fingerprint density at radius 3 is 2.16 bits per heavy atom. The molecular weight excluding hydrogens is 433 g/mol. The van der Waals surface area contributed by atoms with E-state index < -0.39 is 5.60 Å². The van der Waals surface area contributed by atoms with Gasteiger partial charge >= 0.3 is 6.09 Å². The van der Waals surface area contributed by atoms with Crippen molar-refractivity contribution in [1.82, 2.24) is 14.7 Å². The molecule has 1 saturated carbocycles. The number of carbonyl (C=O) groups is 1. The van der Waals surface area contributed by atoms with E-state index in [1.54, 1.807) is 4.90 Å². The first-order valence-electron chi connectivity index (χ1n) is 8.86. The van der Waals surface area contributed by atoms with E-state index in [1.165, 1.54) is 12.8 Å². The molecule has 0 aromatic heterocycles. The van der Waals surface area contributed by atoms with Gasteiger partial charge in [-0.15, -0.1) is 24.0 Å². The molecule has 0 aromatic rings. The van der Waals surface area contributed by atoms with E-state index in [4.69, 9.17) is 10.5 Å². The number of hydrogen-bond acceptors (Lipinski definition) is 4. The van der Waals surface area contributed by atoms with Gasteiger partial charge in [0.2, 0.25) is 0 Å². The summed E-state index contributed by atoms with van der Waals surface area (Å²) in [6.45, 7) is 9.02. The second-order valence-electron chi connectivity index (χ2n) is 8.02. The minimum absolute atomic E-state index is 0. The summed E-state index contributed by atoms with van der Waals surface area (Å²) in [5.41, 5.74) is 5.70. The van der Waals surface area contributed by atoms with E-state index in [0.29, 0.717) is 38.2 Å². The van der Waals surface area contributed by atoms with Crippen molar-refractivity contribution in [1.29, 1.82) is 0 Å². The molecule has 25 heavy (non-hydrogen) atoms. The fourth-order valence-corrected chi connectivity index (χ4v) is 2.95. The SMILES string of the molecule is CN(C)C(CN=C(N)N1CCN(C(=O)OC(C)(C)C)CC1)C1CC1.I. The van der Waals surface area contributed by atoms with Crippen LogP contribution in [-0.4, -0.2) is 85.2 Å². The Morgan fingerprint density at radius 1 is 1.20 bits per heavy atom. The van der Waals surface area contributed by atoms with Crippen LogP contribution in [0.2, 0.25) is 0 Å². The van der Waals surface area contributed by atoms with E-state index in [-0.39, 0.29) is 30.1 Å². The van der Waals surface area contributed by atoms with Crippen molar-refractivity contribution >= 4 is 36.0 Å². The zero-order valence-electron chi connectivity index (χ0n) is 16.2. The Bertz CT molecular complexity index is 464. The van der Waals surface area contributed by atoms with Crippen molar-refractivity contribution < 1.29 is 9.53 Å². The third-order valence-corrected chi connectivity index (χ3v) is 4.53. The van der Waals surface area contributed by atoms with Crippen LogP contribution in [0.1, 0.15) is 33.6 Å². The lowest BCUT2D eigenvalue weighted by Gasteiger charge is -2.36. The Kier molecular flexibility index (Phi) is 8.24. The predicted octanol–water partition coefficient (Wildman–Crippen LogP) is 1.81. The Hall–Kier alpha value is -0.770. The summed E-state index contributed by atoms with van der Waals surface area (Å²) in [6.07, 6.45) is 2.35. The maximum Gasteiger partial charge on any atom is 0.410 e. The van der Waals surface area contributed by atoms with Crippen molar-refractivity contribution in [3.8, 4) is 0 Å². The highest BCUT2D eigenvalue weighted by molar-refractivity contribution is 14.0. The smallest absolute Gasteiger partial charge is 0.410 e. The number of rotatable bonds is 4. The van der Waals surface area contributed by atoms with Gasteiger partial charge in [0.05, 0.1) is 6.54 Å². The number of amides is 1. The molecule has 1 amide bonds. The average Bonchev–Trinajstić information content (AvgIpc) is 3.30. The van der Waals surface area contributed by atoms with E-state index in [9.17, 15) is 4.79 Å². The van der Waals surface area contributed by atoms with Gasteiger partial charge < -0.3 is 25.2 Å². The third-order valence-electron chi connectivity index (χ3n) is 4.53. The molecule has 0 radical (unpaired) electrons. The normalized spacial score (nSPS) is 20.3. The maximum atomic E-state index is 12.1. The molecule has 8 heteroatoms. The highest BCUT2D eigenvalue weighted by Crippen LogP contribution is 2.34. The minimum Gasteiger partial charge on any atom is -0.444 e. The number of carbonyl (C=O) groups excluding carboxylic acids is 1. The molecule has 1 heterocycles. The summed E-state index contributed by atoms with van der Waals surface area (Å²) < 4.78 is 5.41. The molecule has 1 atom stereocenters. The fraction of sp³-hybridized carbons (Fsp3) is 0.882. The molecule has 0 bridgehead atoms. The van der Waals surface area contributed by atoms with Gasteiger partial charge in [0.25, 0.3) is 0 Å².